The summed E-state index contributed by atoms with van der Waals surface area (Å²) in [5.41, 5.74) is 4.67. The van der Waals surface area contributed by atoms with Crippen LogP contribution in [0.2, 0.25) is 5.02 Å². The average Bonchev–Trinajstić information content (AvgIpc) is 2.88. The molecular formula is C23H25ClN2O3. The number of aromatic nitrogens is 1. The van der Waals surface area contributed by atoms with Gasteiger partial charge in [-0.3, -0.25) is 4.98 Å². The molecule has 1 saturated heterocycles. The standard InChI is InChI=1S/C23H25ClN2O3/c1-3-29-23(27)26-10-8-15(9-11-26)21-20-7-6-18(24)12-16(20)4-5-17-13-19(28-2)14-25-22(17)21/h6-7,12-14H,3-5,8-11H2,1-2H3/i10D2,11D2. The number of likely N-dealkylation sites (tertiary alicyclic amines) is 1. The number of methoxy groups -OCH3 is 1. The molecule has 1 aliphatic carbocycles. The van der Waals surface area contributed by atoms with Crippen molar-refractivity contribution in [3.63, 3.8) is 0 Å². The smallest absolute Gasteiger partial charge is 0.409 e. The molecular weight excluding hydrogens is 388 g/mol. The second-order valence-electron chi connectivity index (χ2n) is 6.87. The van der Waals surface area contributed by atoms with Crippen LogP contribution in [0.5, 0.6) is 5.75 Å². The number of piperidine rings is 1. The van der Waals surface area contributed by atoms with Crippen LogP contribution in [-0.2, 0) is 17.6 Å². The van der Waals surface area contributed by atoms with Crippen LogP contribution in [0.3, 0.4) is 0 Å². The van der Waals surface area contributed by atoms with Crippen LogP contribution in [0.4, 0.5) is 4.79 Å². The number of ether oxygens (including phenoxy) is 2. The van der Waals surface area contributed by atoms with Crippen molar-refractivity contribution in [2.45, 2.75) is 32.6 Å². The topological polar surface area (TPSA) is 51.7 Å². The minimum absolute atomic E-state index is 0.0305. The van der Waals surface area contributed by atoms with E-state index in [0.717, 1.165) is 16.7 Å². The van der Waals surface area contributed by atoms with E-state index in [1.54, 1.807) is 26.3 Å². The van der Waals surface area contributed by atoms with Crippen LogP contribution < -0.4 is 4.74 Å². The molecule has 2 aliphatic rings. The maximum atomic E-state index is 12.4. The Kier molecular flexibility index (Phi) is 4.47. The lowest BCUT2D eigenvalue weighted by Gasteiger charge is -2.29. The minimum Gasteiger partial charge on any atom is -0.495 e. The van der Waals surface area contributed by atoms with Crippen LogP contribution in [0.1, 0.15) is 47.6 Å². The van der Waals surface area contributed by atoms with E-state index in [1.807, 2.05) is 18.2 Å². The first-order valence-electron chi connectivity index (χ1n) is 11.6. The van der Waals surface area contributed by atoms with Crippen LogP contribution in [0.25, 0.3) is 5.57 Å². The zero-order chi connectivity index (χ0) is 24.0. The van der Waals surface area contributed by atoms with Gasteiger partial charge in [0.15, 0.2) is 0 Å². The quantitative estimate of drug-likeness (QED) is 0.698. The number of benzene rings is 1. The number of aryl methyl sites for hydroxylation is 2. The third-order valence-electron chi connectivity index (χ3n) is 5.12. The highest BCUT2D eigenvalue weighted by atomic mass is 35.5. The summed E-state index contributed by atoms with van der Waals surface area (Å²) in [5, 5.41) is 0.595. The molecule has 0 radical (unpaired) electrons. The van der Waals surface area contributed by atoms with Gasteiger partial charge < -0.3 is 14.4 Å². The predicted octanol–water partition coefficient (Wildman–Crippen LogP) is 4.90. The summed E-state index contributed by atoms with van der Waals surface area (Å²) in [6.07, 6.45) is 1.64. The summed E-state index contributed by atoms with van der Waals surface area (Å²) in [5.74, 6) is 0.616. The van der Waals surface area contributed by atoms with Crippen LogP contribution in [-0.4, -0.2) is 42.7 Å². The Morgan fingerprint density at radius 1 is 1.21 bits per heavy atom. The highest BCUT2D eigenvalue weighted by Crippen LogP contribution is 2.39. The van der Waals surface area contributed by atoms with Gasteiger partial charge in [0, 0.05) is 29.1 Å². The summed E-state index contributed by atoms with van der Waals surface area (Å²) in [6.45, 7) is -2.95. The van der Waals surface area contributed by atoms with E-state index in [9.17, 15) is 4.79 Å². The van der Waals surface area contributed by atoms with Gasteiger partial charge in [-0.2, -0.15) is 0 Å². The Morgan fingerprint density at radius 2 is 1.97 bits per heavy atom. The maximum absolute atomic E-state index is 12.4. The second kappa shape index (κ2) is 8.46. The van der Waals surface area contributed by atoms with E-state index in [2.05, 4.69) is 4.98 Å². The monoisotopic (exact) mass is 416 g/mol. The molecule has 1 fully saturated rings. The number of halogens is 1. The number of fused-ring (bicyclic) bond motifs is 2. The fraction of sp³-hybridized carbons (Fsp3) is 0.391. The van der Waals surface area contributed by atoms with Crippen molar-refractivity contribution in [2.75, 3.05) is 26.7 Å². The second-order valence-corrected chi connectivity index (χ2v) is 7.30. The number of hydrogen-bond acceptors (Lipinski definition) is 4. The molecule has 0 unspecified atom stereocenters. The van der Waals surface area contributed by atoms with E-state index in [1.165, 1.54) is 0 Å². The first-order valence-corrected chi connectivity index (χ1v) is 9.96. The Bertz CT molecular complexity index is 1120. The zero-order valence-corrected chi connectivity index (χ0v) is 17.2. The van der Waals surface area contributed by atoms with Crippen molar-refractivity contribution in [1.29, 1.82) is 0 Å². The van der Waals surface area contributed by atoms with Gasteiger partial charge in [0.25, 0.3) is 0 Å². The molecule has 1 aromatic carbocycles. The van der Waals surface area contributed by atoms with Gasteiger partial charge in [0.1, 0.15) is 5.75 Å². The lowest BCUT2D eigenvalue weighted by Crippen LogP contribution is -2.37. The molecule has 1 amide bonds. The van der Waals surface area contributed by atoms with E-state index >= 15 is 0 Å². The first kappa shape index (κ1) is 15.3. The van der Waals surface area contributed by atoms with Gasteiger partial charge in [-0.1, -0.05) is 23.2 Å². The van der Waals surface area contributed by atoms with E-state index in [0.29, 0.717) is 45.4 Å². The molecule has 0 bridgehead atoms. The minimum atomic E-state index is -2.29. The Labute approximate surface area is 181 Å². The molecule has 2 heterocycles. The van der Waals surface area contributed by atoms with Crippen molar-refractivity contribution in [2.24, 2.45) is 0 Å². The lowest BCUT2D eigenvalue weighted by atomic mass is 9.88. The van der Waals surface area contributed by atoms with Crippen LogP contribution in [0, 0.1) is 0 Å². The van der Waals surface area contributed by atoms with Gasteiger partial charge in [-0.15, -0.1) is 0 Å². The molecule has 29 heavy (non-hydrogen) atoms. The molecule has 0 spiro atoms. The van der Waals surface area contributed by atoms with E-state index in [4.69, 9.17) is 26.6 Å². The SMILES string of the molecule is [2H]C1([2H])CC(=C2c3ccc(Cl)cc3CCc3cc(OC)cnc32)CC([2H])([2H])N1C(=O)OCC. The highest BCUT2D eigenvalue weighted by molar-refractivity contribution is 6.30. The lowest BCUT2D eigenvalue weighted by molar-refractivity contribution is 0.104. The number of pyridine rings is 1. The molecule has 0 atom stereocenters. The molecule has 2 aromatic rings. The van der Waals surface area contributed by atoms with Crippen molar-refractivity contribution in [1.82, 2.24) is 9.88 Å². The molecule has 5 nitrogen and oxygen atoms in total. The number of carbonyl (C=O) groups excluding carboxylic acids is 1. The third-order valence-corrected chi connectivity index (χ3v) is 5.35. The molecule has 6 heteroatoms. The number of carbonyl (C=O) groups is 1. The number of rotatable bonds is 2. The fourth-order valence-corrected chi connectivity index (χ4v) is 3.94. The summed E-state index contributed by atoms with van der Waals surface area (Å²) >= 11 is 6.27. The Balaban J connectivity index is 1.93. The highest BCUT2D eigenvalue weighted by Gasteiger charge is 2.27. The molecule has 0 saturated carbocycles. The van der Waals surface area contributed by atoms with Crippen molar-refractivity contribution in [3.05, 3.63) is 63.4 Å². The molecule has 1 aromatic heterocycles. The normalized spacial score (nSPS) is 21.6. The summed E-state index contributed by atoms with van der Waals surface area (Å²) < 4.78 is 44.6. The number of hydrogen-bond donors (Lipinski definition) is 0. The van der Waals surface area contributed by atoms with Crippen molar-refractivity contribution < 1.29 is 19.8 Å². The zero-order valence-electron chi connectivity index (χ0n) is 20.4. The van der Waals surface area contributed by atoms with Gasteiger partial charge in [-0.05, 0) is 67.5 Å². The number of nitrogens with zero attached hydrogens (tertiary/aromatic N) is 2. The molecule has 0 N–H and O–H groups in total. The maximum Gasteiger partial charge on any atom is 0.409 e. The summed E-state index contributed by atoms with van der Waals surface area (Å²) in [4.78, 5) is 17.7. The van der Waals surface area contributed by atoms with Crippen molar-refractivity contribution >= 4 is 23.3 Å². The van der Waals surface area contributed by atoms with E-state index in [-0.39, 0.29) is 19.4 Å². The fourth-order valence-electron chi connectivity index (χ4n) is 3.74. The summed E-state index contributed by atoms with van der Waals surface area (Å²) in [7, 11) is 1.57. The van der Waals surface area contributed by atoms with Gasteiger partial charge >= 0.3 is 6.09 Å². The van der Waals surface area contributed by atoms with Crippen molar-refractivity contribution in [3.8, 4) is 5.75 Å². The predicted molar refractivity (Wildman–Crippen MR) is 114 cm³/mol. The Morgan fingerprint density at radius 3 is 2.69 bits per heavy atom. The third kappa shape index (κ3) is 3.97. The van der Waals surface area contributed by atoms with Crippen LogP contribution >= 0.6 is 11.6 Å². The molecule has 4 rings (SSSR count). The Hall–Kier alpha value is -2.53. The summed E-state index contributed by atoms with van der Waals surface area (Å²) in [6, 6.07) is 7.45. The first-order chi connectivity index (χ1) is 15.6. The number of amides is 1. The van der Waals surface area contributed by atoms with Gasteiger partial charge in [0.2, 0.25) is 0 Å². The van der Waals surface area contributed by atoms with Gasteiger partial charge in [-0.25, -0.2) is 4.79 Å². The molecule has 152 valence electrons. The average molecular weight is 417 g/mol. The van der Waals surface area contributed by atoms with Crippen LogP contribution in [0.15, 0.2) is 36.0 Å². The largest absolute Gasteiger partial charge is 0.495 e. The van der Waals surface area contributed by atoms with E-state index < -0.39 is 19.1 Å². The molecule has 1 aliphatic heterocycles. The van der Waals surface area contributed by atoms with Gasteiger partial charge in [0.05, 0.1) is 25.6 Å².